The zero-order valence-electron chi connectivity index (χ0n) is 31.2. The first kappa shape index (κ1) is 43.8. The lowest BCUT2D eigenvalue weighted by Gasteiger charge is -2.12. The summed E-state index contributed by atoms with van der Waals surface area (Å²) in [4.78, 5) is 47.9. The Morgan fingerprint density at radius 2 is 0.909 bits per heavy atom. The SMILES string of the molecule is C=C(C)C(=O)OCCCCCCCOc1ccc(C(=O)Oc2cc(F)c(OC(=O)c3ccc(OCCCCCCCOC(=O)C(=C)C)cc3)c(F)c2F)cc1. The highest BCUT2D eigenvalue weighted by Crippen LogP contribution is 2.32. The normalized spacial score (nSPS) is 10.6. The molecule has 3 aromatic rings. The molecule has 0 aromatic heterocycles. The second-order valence-electron chi connectivity index (χ2n) is 12.7. The maximum atomic E-state index is 14.9. The molecule has 10 nitrogen and oxygen atoms in total. The molecule has 0 unspecified atom stereocenters. The van der Waals surface area contributed by atoms with Gasteiger partial charge in [0.05, 0.1) is 37.6 Å². The largest absolute Gasteiger partial charge is 0.494 e. The van der Waals surface area contributed by atoms with Crippen LogP contribution in [0.5, 0.6) is 23.0 Å². The Morgan fingerprint density at radius 1 is 0.527 bits per heavy atom. The van der Waals surface area contributed by atoms with Crippen molar-refractivity contribution in [1.82, 2.24) is 0 Å². The van der Waals surface area contributed by atoms with E-state index in [0.29, 0.717) is 55.1 Å². The van der Waals surface area contributed by atoms with E-state index in [9.17, 15) is 32.3 Å². The van der Waals surface area contributed by atoms with E-state index in [1.54, 1.807) is 13.8 Å². The van der Waals surface area contributed by atoms with Gasteiger partial charge in [0.2, 0.25) is 17.4 Å². The molecule has 0 aliphatic carbocycles. The van der Waals surface area contributed by atoms with Gasteiger partial charge < -0.3 is 28.4 Å². The van der Waals surface area contributed by atoms with Crippen molar-refractivity contribution >= 4 is 23.9 Å². The maximum absolute atomic E-state index is 14.9. The minimum Gasteiger partial charge on any atom is -0.494 e. The summed E-state index contributed by atoms with van der Waals surface area (Å²) < 4.78 is 75.7. The first-order chi connectivity index (χ1) is 26.4. The Balaban J connectivity index is 1.39. The van der Waals surface area contributed by atoms with E-state index in [-0.39, 0.29) is 11.1 Å². The third-order valence-electron chi connectivity index (χ3n) is 7.94. The highest BCUT2D eigenvalue weighted by molar-refractivity contribution is 5.92. The van der Waals surface area contributed by atoms with Gasteiger partial charge in [0.25, 0.3) is 0 Å². The molecule has 0 fully saturated rings. The van der Waals surface area contributed by atoms with Gasteiger partial charge in [-0.15, -0.1) is 0 Å². The Kier molecular flexibility index (Phi) is 18.5. The third-order valence-corrected chi connectivity index (χ3v) is 7.94. The average Bonchev–Trinajstić information content (AvgIpc) is 3.17. The van der Waals surface area contributed by atoms with Gasteiger partial charge in [-0.3, -0.25) is 0 Å². The quantitative estimate of drug-likeness (QED) is 0.0286. The fraction of sp³-hybridized carbons (Fsp3) is 0.381. The van der Waals surface area contributed by atoms with Crippen molar-refractivity contribution in [3.05, 3.63) is 107 Å². The van der Waals surface area contributed by atoms with E-state index in [1.165, 1.54) is 48.5 Å². The Hall–Kier alpha value is -5.59. The van der Waals surface area contributed by atoms with Gasteiger partial charge in [-0.2, -0.15) is 8.78 Å². The molecule has 3 aromatic carbocycles. The molecule has 0 aliphatic heterocycles. The van der Waals surface area contributed by atoms with E-state index in [1.807, 2.05) is 0 Å². The van der Waals surface area contributed by atoms with Crippen molar-refractivity contribution < 1.29 is 60.8 Å². The minimum atomic E-state index is -1.85. The van der Waals surface area contributed by atoms with Gasteiger partial charge in [0.1, 0.15) is 11.5 Å². The Morgan fingerprint density at radius 3 is 1.33 bits per heavy atom. The maximum Gasteiger partial charge on any atom is 0.343 e. The fourth-order valence-electron chi connectivity index (χ4n) is 4.83. The standard InChI is InChI=1S/C42H47F3O10/c1-28(2)39(46)52-25-13-9-5-7-11-23-50-32-19-15-30(16-20-32)41(48)54-35-27-34(43)38(37(45)36(35)44)55-42(49)31-17-21-33(22-18-31)51-24-12-8-6-10-14-26-53-40(47)29(3)4/h15-22,27H,1,3,5-14,23-26H2,2,4H3. The highest BCUT2D eigenvalue weighted by atomic mass is 19.2. The molecule has 0 spiro atoms. The zero-order chi connectivity index (χ0) is 40.2. The lowest BCUT2D eigenvalue weighted by molar-refractivity contribution is -0.139. The van der Waals surface area contributed by atoms with Crippen LogP contribution in [0, 0.1) is 17.5 Å². The van der Waals surface area contributed by atoms with Crippen LogP contribution in [-0.2, 0) is 19.1 Å². The number of esters is 4. The molecule has 0 atom stereocenters. The molecule has 13 heteroatoms. The van der Waals surface area contributed by atoms with Gasteiger partial charge in [-0.1, -0.05) is 51.7 Å². The Bertz CT molecular complexity index is 1770. The number of rotatable bonds is 24. The van der Waals surface area contributed by atoms with E-state index in [2.05, 4.69) is 13.2 Å². The van der Waals surface area contributed by atoms with Crippen LogP contribution < -0.4 is 18.9 Å². The van der Waals surface area contributed by atoms with Gasteiger partial charge in [0.15, 0.2) is 11.6 Å². The minimum absolute atomic E-state index is 0.0291. The summed E-state index contributed by atoms with van der Waals surface area (Å²) in [6.07, 6.45) is 8.54. The molecule has 0 N–H and O–H groups in total. The molecule has 0 amide bonds. The summed E-state index contributed by atoms with van der Waals surface area (Å²) in [5, 5.41) is 0. The average molecular weight is 769 g/mol. The number of hydrogen-bond acceptors (Lipinski definition) is 10. The van der Waals surface area contributed by atoms with Crippen LogP contribution in [0.25, 0.3) is 0 Å². The molecule has 0 radical (unpaired) electrons. The van der Waals surface area contributed by atoms with Crippen LogP contribution in [0.3, 0.4) is 0 Å². The zero-order valence-corrected chi connectivity index (χ0v) is 31.2. The first-order valence-electron chi connectivity index (χ1n) is 18.1. The van der Waals surface area contributed by atoms with Gasteiger partial charge in [0, 0.05) is 17.2 Å². The van der Waals surface area contributed by atoms with Crippen molar-refractivity contribution in [3.8, 4) is 23.0 Å². The summed E-state index contributed by atoms with van der Waals surface area (Å²) in [5.41, 5.74) is 0.638. The van der Waals surface area contributed by atoms with Crippen LogP contribution in [0.4, 0.5) is 13.2 Å². The predicted octanol–water partition coefficient (Wildman–Crippen LogP) is 9.44. The number of carbonyl (C=O) groups is 4. The molecule has 55 heavy (non-hydrogen) atoms. The monoisotopic (exact) mass is 768 g/mol. The van der Waals surface area contributed by atoms with Crippen molar-refractivity contribution in [3.63, 3.8) is 0 Å². The smallest absolute Gasteiger partial charge is 0.343 e. The molecule has 3 rings (SSSR count). The highest BCUT2D eigenvalue weighted by Gasteiger charge is 2.26. The summed E-state index contributed by atoms with van der Waals surface area (Å²) in [6.45, 7) is 11.8. The molecule has 0 heterocycles. The lowest BCUT2D eigenvalue weighted by Crippen LogP contribution is -2.14. The van der Waals surface area contributed by atoms with Crippen LogP contribution in [0.1, 0.15) is 98.8 Å². The van der Waals surface area contributed by atoms with Crippen LogP contribution in [-0.4, -0.2) is 50.3 Å². The number of unbranched alkanes of at least 4 members (excludes halogenated alkanes) is 8. The summed E-state index contributed by atoms with van der Waals surface area (Å²) in [6, 6.07) is 11.8. The molecule has 296 valence electrons. The fourth-order valence-corrected chi connectivity index (χ4v) is 4.83. The third kappa shape index (κ3) is 15.4. The number of halogens is 3. The van der Waals surface area contributed by atoms with Gasteiger partial charge in [-0.25, -0.2) is 23.6 Å². The molecular formula is C42H47F3O10. The lowest BCUT2D eigenvalue weighted by atomic mass is 10.1. The second-order valence-corrected chi connectivity index (χ2v) is 12.7. The van der Waals surface area contributed by atoms with Gasteiger partial charge in [-0.05, 0) is 88.1 Å². The van der Waals surface area contributed by atoms with Crippen LogP contribution in [0.15, 0.2) is 78.9 Å². The van der Waals surface area contributed by atoms with E-state index in [4.69, 9.17) is 28.4 Å². The number of carbonyl (C=O) groups excluding carboxylic acids is 4. The second kappa shape index (κ2) is 23.3. The predicted molar refractivity (Wildman–Crippen MR) is 198 cm³/mol. The van der Waals surface area contributed by atoms with Crippen LogP contribution in [0.2, 0.25) is 0 Å². The summed E-state index contributed by atoms with van der Waals surface area (Å²) in [7, 11) is 0. The molecule has 0 aliphatic rings. The van der Waals surface area contributed by atoms with Gasteiger partial charge >= 0.3 is 23.9 Å². The van der Waals surface area contributed by atoms with Crippen molar-refractivity contribution in [2.75, 3.05) is 26.4 Å². The van der Waals surface area contributed by atoms with Crippen molar-refractivity contribution in [1.29, 1.82) is 0 Å². The molecule has 0 bridgehead atoms. The Labute approximate surface area is 319 Å². The number of benzene rings is 3. The molecule has 0 saturated carbocycles. The van der Waals surface area contributed by atoms with Crippen molar-refractivity contribution in [2.45, 2.75) is 78.1 Å². The topological polar surface area (TPSA) is 124 Å². The van der Waals surface area contributed by atoms with E-state index < -0.39 is 52.8 Å². The summed E-state index contributed by atoms with van der Waals surface area (Å²) >= 11 is 0. The number of hydrogen-bond donors (Lipinski definition) is 0. The number of ether oxygens (including phenoxy) is 6. The van der Waals surface area contributed by atoms with Crippen molar-refractivity contribution in [2.24, 2.45) is 0 Å². The molecular weight excluding hydrogens is 721 g/mol. The molecule has 0 saturated heterocycles. The summed E-state index contributed by atoms with van der Waals surface area (Å²) in [5.74, 6) is -9.43. The van der Waals surface area contributed by atoms with E-state index >= 15 is 0 Å². The first-order valence-corrected chi connectivity index (χ1v) is 18.1. The van der Waals surface area contributed by atoms with Crippen LogP contribution >= 0.6 is 0 Å². The van der Waals surface area contributed by atoms with E-state index in [0.717, 1.165) is 64.2 Å².